The van der Waals surface area contributed by atoms with Crippen LogP contribution >= 0.6 is 11.8 Å². The molecule has 1 aromatic rings. The van der Waals surface area contributed by atoms with E-state index in [1.54, 1.807) is 6.07 Å². The van der Waals surface area contributed by atoms with Crippen molar-refractivity contribution in [2.24, 2.45) is 0 Å². The summed E-state index contributed by atoms with van der Waals surface area (Å²) in [4.78, 5) is 1.16. The predicted octanol–water partition coefficient (Wildman–Crippen LogP) is 2.63. The molecule has 0 amide bonds. The van der Waals surface area contributed by atoms with Gasteiger partial charge in [0.15, 0.2) is 0 Å². The highest BCUT2D eigenvalue weighted by atomic mass is 32.2. The van der Waals surface area contributed by atoms with Crippen molar-refractivity contribution in [3.8, 4) is 5.75 Å². The van der Waals surface area contributed by atoms with E-state index in [4.69, 9.17) is 0 Å². The number of hydrogen-bond acceptors (Lipinski definition) is 3. The van der Waals surface area contributed by atoms with Crippen LogP contribution in [0.25, 0.3) is 0 Å². The van der Waals surface area contributed by atoms with Gasteiger partial charge in [-0.05, 0) is 49.8 Å². The van der Waals surface area contributed by atoms with Crippen LogP contribution in [-0.4, -0.2) is 23.4 Å². The van der Waals surface area contributed by atoms with Gasteiger partial charge in [-0.15, -0.1) is 11.8 Å². The molecular formula is C12H17NOS. The van der Waals surface area contributed by atoms with Crippen molar-refractivity contribution in [3.05, 3.63) is 24.3 Å². The molecule has 1 heterocycles. The fraction of sp³-hybridized carbons (Fsp3) is 0.500. The van der Waals surface area contributed by atoms with E-state index in [1.807, 2.05) is 30.0 Å². The minimum atomic E-state index is 0.360. The molecule has 1 aromatic carbocycles. The lowest BCUT2D eigenvalue weighted by Crippen LogP contribution is -2.21. The SMILES string of the molecule is Oc1cccc(SCCC2CCCN2)c1. The summed E-state index contributed by atoms with van der Waals surface area (Å²) in [6.07, 6.45) is 3.86. The molecule has 0 aromatic heterocycles. The van der Waals surface area contributed by atoms with Gasteiger partial charge in [-0.3, -0.25) is 0 Å². The quantitative estimate of drug-likeness (QED) is 0.770. The Kier molecular flexibility index (Phi) is 3.92. The largest absolute Gasteiger partial charge is 0.508 e. The molecule has 15 heavy (non-hydrogen) atoms. The summed E-state index contributed by atoms with van der Waals surface area (Å²) in [5.74, 6) is 1.49. The summed E-state index contributed by atoms with van der Waals surface area (Å²) in [5.41, 5.74) is 0. The molecule has 0 radical (unpaired) electrons. The molecule has 1 saturated heterocycles. The second kappa shape index (κ2) is 5.42. The average Bonchev–Trinajstić information content (AvgIpc) is 2.71. The van der Waals surface area contributed by atoms with Crippen LogP contribution in [0.5, 0.6) is 5.75 Å². The summed E-state index contributed by atoms with van der Waals surface area (Å²) in [5, 5.41) is 12.8. The molecule has 1 fully saturated rings. The lowest BCUT2D eigenvalue weighted by molar-refractivity contribution is 0.474. The van der Waals surface area contributed by atoms with E-state index in [0.717, 1.165) is 16.7 Å². The molecule has 0 aliphatic carbocycles. The van der Waals surface area contributed by atoms with Crippen molar-refractivity contribution in [1.82, 2.24) is 5.32 Å². The molecule has 1 unspecified atom stereocenters. The molecule has 2 nitrogen and oxygen atoms in total. The molecule has 1 aliphatic rings. The number of aromatic hydroxyl groups is 1. The second-order valence-electron chi connectivity index (χ2n) is 3.93. The molecule has 3 heteroatoms. The van der Waals surface area contributed by atoms with Crippen molar-refractivity contribution >= 4 is 11.8 Å². The molecule has 82 valence electrons. The summed E-state index contributed by atoms with van der Waals surface area (Å²) < 4.78 is 0. The van der Waals surface area contributed by atoms with E-state index in [1.165, 1.54) is 25.8 Å². The van der Waals surface area contributed by atoms with Gasteiger partial charge < -0.3 is 10.4 Å². The van der Waals surface area contributed by atoms with Gasteiger partial charge in [0.05, 0.1) is 0 Å². The van der Waals surface area contributed by atoms with Crippen LogP contribution in [-0.2, 0) is 0 Å². The number of phenolic OH excluding ortho intramolecular Hbond substituents is 1. The third-order valence-corrected chi connectivity index (χ3v) is 3.74. The Balaban J connectivity index is 1.73. The number of rotatable bonds is 4. The van der Waals surface area contributed by atoms with E-state index in [2.05, 4.69) is 5.32 Å². The van der Waals surface area contributed by atoms with E-state index in [9.17, 15) is 5.11 Å². The molecular weight excluding hydrogens is 206 g/mol. The average molecular weight is 223 g/mol. The maximum absolute atomic E-state index is 9.30. The van der Waals surface area contributed by atoms with Crippen LogP contribution in [0.2, 0.25) is 0 Å². The number of nitrogens with one attached hydrogen (secondary N) is 1. The van der Waals surface area contributed by atoms with Crippen LogP contribution in [0.15, 0.2) is 29.2 Å². The number of hydrogen-bond donors (Lipinski definition) is 2. The van der Waals surface area contributed by atoms with E-state index in [0.29, 0.717) is 5.75 Å². The Morgan fingerprint density at radius 1 is 1.47 bits per heavy atom. The van der Waals surface area contributed by atoms with Gasteiger partial charge in [0.25, 0.3) is 0 Å². The van der Waals surface area contributed by atoms with Gasteiger partial charge in [-0.2, -0.15) is 0 Å². The zero-order chi connectivity index (χ0) is 10.5. The zero-order valence-electron chi connectivity index (χ0n) is 8.78. The van der Waals surface area contributed by atoms with Gasteiger partial charge >= 0.3 is 0 Å². The molecule has 0 saturated carbocycles. The number of thioether (sulfide) groups is 1. The Bertz CT molecular complexity index is 310. The molecule has 0 spiro atoms. The molecule has 2 N–H and O–H groups in total. The molecule has 1 atom stereocenters. The second-order valence-corrected chi connectivity index (χ2v) is 5.10. The summed E-state index contributed by atoms with van der Waals surface area (Å²) in [6.45, 7) is 1.18. The highest BCUT2D eigenvalue weighted by Crippen LogP contribution is 2.23. The van der Waals surface area contributed by atoms with Crippen molar-refractivity contribution < 1.29 is 5.11 Å². The van der Waals surface area contributed by atoms with Crippen LogP contribution in [0.3, 0.4) is 0 Å². The Morgan fingerprint density at radius 2 is 2.40 bits per heavy atom. The Labute approximate surface area is 95.1 Å². The highest BCUT2D eigenvalue weighted by Gasteiger charge is 2.12. The third-order valence-electron chi connectivity index (χ3n) is 2.72. The lowest BCUT2D eigenvalue weighted by atomic mass is 10.2. The van der Waals surface area contributed by atoms with Gasteiger partial charge in [0.2, 0.25) is 0 Å². The molecule has 2 rings (SSSR count). The number of benzene rings is 1. The fourth-order valence-electron chi connectivity index (χ4n) is 1.90. The van der Waals surface area contributed by atoms with Crippen molar-refractivity contribution in [1.29, 1.82) is 0 Å². The van der Waals surface area contributed by atoms with Crippen molar-refractivity contribution in [3.63, 3.8) is 0 Å². The molecule has 0 bridgehead atoms. The van der Waals surface area contributed by atoms with Gasteiger partial charge in [0, 0.05) is 10.9 Å². The normalized spacial score (nSPS) is 20.7. The fourth-order valence-corrected chi connectivity index (χ4v) is 2.91. The first-order valence-electron chi connectivity index (χ1n) is 5.50. The van der Waals surface area contributed by atoms with Crippen LogP contribution in [0.4, 0.5) is 0 Å². The summed E-state index contributed by atoms with van der Waals surface area (Å²) in [6, 6.07) is 8.20. The van der Waals surface area contributed by atoms with E-state index >= 15 is 0 Å². The topological polar surface area (TPSA) is 32.3 Å². The van der Waals surface area contributed by atoms with E-state index in [-0.39, 0.29) is 0 Å². The zero-order valence-corrected chi connectivity index (χ0v) is 9.59. The minimum Gasteiger partial charge on any atom is -0.508 e. The van der Waals surface area contributed by atoms with Crippen molar-refractivity contribution in [2.75, 3.05) is 12.3 Å². The van der Waals surface area contributed by atoms with Crippen LogP contribution in [0.1, 0.15) is 19.3 Å². The first-order chi connectivity index (χ1) is 7.34. The lowest BCUT2D eigenvalue weighted by Gasteiger charge is -2.09. The van der Waals surface area contributed by atoms with Gasteiger partial charge in [-0.25, -0.2) is 0 Å². The van der Waals surface area contributed by atoms with Crippen LogP contribution in [0, 0.1) is 0 Å². The number of phenols is 1. The highest BCUT2D eigenvalue weighted by molar-refractivity contribution is 7.99. The predicted molar refractivity (Wildman–Crippen MR) is 64.5 cm³/mol. The Hall–Kier alpha value is -0.670. The maximum atomic E-state index is 9.30. The van der Waals surface area contributed by atoms with Crippen LogP contribution < -0.4 is 5.32 Å². The van der Waals surface area contributed by atoms with E-state index < -0.39 is 0 Å². The maximum Gasteiger partial charge on any atom is 0.116 e. The van der Waals surface area contributed by atoms with Crippen molar-refractivity contribution in [2.45, 2.75) is 30.2 Å². The minimum absolute atomic E-state index is 0.360. The standard InChI is InChI=1S/C12H17NOS/c14-11-4-1-5-12(9-11)15-8-6-10-3-2-7-13-10/h1,4-5,9-10,13-14H,2-3,6-8H2. The molecule has 1 aliphatic heterocycles. The summed E-state index contributed by atoms with van der Waals surface area (Å²) >= 11 is 1.82. The monoisotopic (exact) mass is 223 g/mol. The van der Waals surface area contributed by atoms with Gasteiger partial charge in [0.1, 0.15) is 5.75 Å². The van der Waals surface area contributed by atoms with Gasteiger partial charge in [-0.1, -0.05) is 6.07 Å². The first kappa shape index (κ1) is 10.8. The smallest absolute Gasteiger partial charge is 0.116 e. The third kappa shape index (κ3) is 3.43. The summed E-state index contributed by atoms with van der Waals surface area (Å²) in [7, 11) is 0. The Morgan fingerprint density at radius 3 is 3.13 bits per heavy atom. The first-order valence-corrected chi connectivity index (χ1v) is 6.48.